The molecule has 1 aromatic rings. The number of alkyl halides is 6. The summed E-state index contributed by atoms with van der Waals surface area (Å²) in [4.78, 5) is 5.79. The van der Waals surface area contributed by atoms with Gasteiger partial charge in [-0.15, -0.1) is 0 Å². The van der Waals surface area contributed by atoms with Crippen LogP contribution in [0.4, 0.5) is 32.2 Å². The molecular weight excluding hydrogens is 300 g/mol. The van der Waals surface area contributed by atoms with E-state index in [1.54, 1.807) is 0 Å². The van der Waals surface area contributed by atoms with Gasteiger partial charge in [0.15, 0.2) is 23.0 Å². The summed E-state index contributed by atoms with van der Waals surface area (Å²) < 4.78 is 81.0. The van der Waals surface area contributed by atoms with E-state index in [2.05, 4.69) is 19.1 Å². The Morgan fingerprint density at radius 1 is 0.947 bits per heavy atom. The van der Waals surface area contributed by atoms with Crippen LogP contribution in [0.25, 0.3) is 0 Å². The van der Waals surface area contributed by atoms with Crippen molar-refractivity contribution in [2.24, 2.45) is 10.1 Å². The smallest absolute Gasteiger partial charge is 0.381 e. The van der Waals surface area contributed by atoms with Gasteiger partial charge >= 0.3 is 12.4 Å². The number of anilines is 1. The SMILES string of the molecule is NC1=NSNc2nc(C(F)(F)F)c(C(F)(F)F)nc21. The Morgan fingerprint density at radius 3 is 2.00 bits per heavy atom. The maximum absolute atomic E-state index is 12.6. The van der Waals surface area contributed by atoms with Crippen molar-refractivity contribution in [3.63, 3.8) is 0 Å². The van der Waals surface area contributed by atoms with E-state index < -0.39 is 41.1 Å². The Kier molecular flexibility index (Phi) is 2.99. The van der Waals surface area contributed by atoms with E-state index in [9.17, 15) is 26.3 Å². The fraction of sp³-hybridized carbons (Fsp3) is 0.286. The minimum absolute atomic E-state index is 0.439. The molecule has 2 rings (SSSR count). The first kappa shape index (κ1) is 13.7. The zero-order chi connectivity index (χ0) is 14.4. The molecule has 1 aliphatic heterocycles. The molecule has 0 amide bonds. The Hall–Kier alpha value is -1.72. The molecule has 0 aliphatic carbocycles. The van der Waals surface area contributed by atoms with Gasteiger partial charge in [0.25, 0.3) is 0 Å². The van der Waals surface area contributed by atoms with E-state index in [1.807, 2.05) is 0 Å². The average Bonchev–Trinajstić information content (AvgIpc) is 2.25. The Bertz CT molecular complexity index is 550. The van der Waals surface area contributed by atoms with E-state index in [1.165, 1.54) is 0 Å². The van der Waals surface area contributed by atoms with E-state index in [-0.39, 0.29) is 0 Å². The second-order valence-corrected chi connectivity index (χ2v) is 3.85. The van der Waals surface area contributed by atoms with Crippen LogP contribution >= 0.6 is 12.1 Å². The third-order valence-electron chi connectivity index (χ3n) is 1.96. The highest BCUT2D eigenvalue weighted by molar-refractivity contribution is 7.99. The zero-order valence-electron chi connectivity index (χ0n) is 8.60. The molecule has 1 aromatic heterocycles. The highest BCUT2D eigenvalue weighted by Gasteiger charge is 2.47. The normalized spacial score (nSPS) is 15.6. The monoisotopic (exact) mass is 303 g/mol. The number of aromatic nitrogens is 2. The van der Waals surface area contributed by atoms with Crippen LogP contribution in [0, 0.1) is 0 Å². The Morgan fingerprint density at radius 2 is 1.47 bits per heavy atom. The van der Waals surface area contributed by atoms with Crippen molar-refractivity contribution < 1.29 is 26.3 Å². The number of nitrogens with two attached hydrogens (primary N) is 1. The lowest BCUT2D eigenvalue weighted by molar-refractivity contribution is -0.167. The fourth-order valence-corrected chi connectivity index (χ4v) is 1.70. The molecule has 0 aromatic carbocycles. The average molecular weight is 303 g/mol. The van der Waals surface area contributed by atoms with Crippen molar-refractivity contribution in [1.29, 1.82) is 0 Å². The molecule has 5 nitrogen and oxygen atoms in total. The Balaban J connectivity index is 2.72. The number of amidine groups is 1. The van der Waals surface area contributed by atoms with Gasteiger partial charge in [-0.2, -0.15) is 30.7 Å². The lowest BCUT2D eigenvalue weighted by Crippen LogP contribution is -2.27. The number of nitrogens with zero attached hydrogens (tertiary/aromatic N) is 3. The number of fused-ring (bicyclic) bond motifs is 1. The fourth-order valence-electron chi connectivity index (χ4n) is 1.24. The first-order chi connectivity index (χ1) is 8.60. The second kappa shape index (κ2) is 4.15. The summed E-state index contributed by atoms with van der Waals surface area (Å²) in [5.74, 6) is -0.955. The van der Waals surface area contributed by atoms with Gasteiger partial charge in [-0.3, -0.25) is 4.72 Å². The maximum atomic E-state index is 12.6. The quantitative estimate of drug-likeness (QED) is 0.567. The van der Waals surface area contributed by atoms with Gasteiger partial charge in [0.1, 0.15) is 5.69 Å². The van der Waals surface area contributed by atoms with Crippen LogP contribution in [0.2, 0.25) is 0 Å². The summed E-state index contributed by atoms with van der Waals surface area (Å²) >= 11 is 0.540. The van der Waals surface area contributed by atoms with E-state index in [0.29, 0.717) is 12.1 Å². The highest BCUT2D eigenvalue weighted by atomic mass is 32.2. The molecule has 0 saturated carbocycles. The van der Waals surface area contributed by atoms with Crippen LogP contribution < -0.4 is 10.5 Å². The van der Waals surface area contributed by atoms with E-state index in [4.69, 9.17) is 5.73 Å². The highest BCUT2D eigenvalue weighted by Crippen LogP contribution is 2.39. The molecule has 2 heterocycles. The van der Waals surface area contributed by atoms with Gasteiger partial charge in [0, 0.05) is 0 Å². The number of nitrogens with one attached hydrogen (secondary N) is 1. The third-order valence-corrected chi connectivity index (χ3v) is 2.53. The molecule has 0 bridgehead atoms. The van der Waals surface area contributed by atoms with Gasteiger partial charge in [-0.25, -0.2) is 9.97 Å². The minimum Gasteiger partial charge on any atom is -0.381 e. The summed E-state index contributed by atoms with van der Waals surface area (Å²) in [6.45, 7) is 0. The lowest BCUT2D eigenvalue weighted by atomic mass is 10.2. The molecule has 12 heteroatoms. The first-order valence-electron chi connectivity index (χ1n) is 4.43. The van der Waals surface area contributed by atoms with Crippen molar-refractivity contribution in [3.8, 4) is 0 Å². The van der Waals surface area contributed by atoms with Crippen molar-refractivity contribution in [3.05, 3.63) is 17.1 Å². The van der Waals surface area contributed by atoms with Gasteiger partial charge < -0.3 is 5.73 Å². The topological polar surface area (TPSA) is 76.2 Å². The largest absolute Gasteiger partial charge is 0.435 e. The van der Waals surface area contributed by atoms with Crippen LogP contribution in [0.1, 0.15) is 17.1 Å². The van der Waals surface area contributed by atoms with Crippen LogP contribution in [-0.2, 0) is 12.4 Å². The molecule has 0 fully saturated rings. The molecule has 1 aliphatic rings. The van der Waals surface area contributed by atoms with Gasteiger partial charge in [-0.05, 0) is 0 Å². The standard InChI is InChI=1S/C7H3F6N5S/c8-6(9,10)2-3(7(11,12)13)16-5-1(15-2)4(14)17-19-18-5/h(H2,14,17)(H,16,18). The van der Waals surface area contributed by atoms with Crippen molar-refractivity contribution in [2.45, 2.75) is 12.4 Å². The summed E-state index contributed by atoms with van der Waals surface area (Å²) in [6, 6.07) is 0. The third kappa shape index (κ3) is 2.52. The summed E-state index contributed by atoms with van der Waals surface area (Å²) in [6.07, 6.45) is -10.6. The number of halogens is 6. The molecule has 0 radical (unpaired) electrons. The van der Waals surface area contributed by atoms with Crippen molar-refractivity contribution >= 4 is 23.8 Å². The van der Waals surface area contributed by atoms with Crippen molar-refractivity contribution in [1.82, 2.24) is 9.97 Å². The van der Waals surface area contributed by atoms with Crippen LogP contribution in [-0.4, -0.2) is 15.8 Å². The Labute approximate surface area is 105 Å². The van der Waals surface area contributed by atoms with Gasteiger partial charge in [0.2, 0.25) is 0 Å². The summed E-state index contributed by atoms with van der Waals surface area (Å²) in [7, 11) is 0. The lowest BCUT2D eigenvalue weighted by Gasteiger charge is -2.18. The number of hydrogen-bond donors (Lipinski definition) is 2. The molecular formula is C7H3F6N5S. The molecule has 0 spiro atoms. The minimum atomic E-state index is -5.31. The van der Waals surface area contributed by atoms with E-state index >= 15 is 0 Å². The van der Waals surface area contributed by atoms with Crippen LogP contribution in [0.5, 0.6) is 0 Å². The summed E-state index contributed by atoms with van der Waals surface area (Å²) in [5, 5.41) is 0. The molecule has 0 saturated heterocycles. The van der Waals surface area contributed by atoms with Crippen molar-refractivity contribution in [2.75, 3.05) is 4.72 Å². The predicted octanol–water partition coefficient (Wildman–Crippen LogP) is 2.21. The number of rotatable bonds is 0. The molecule has 104 valence electrons. The molecule has 0 atom stereocenters. The second-order valence-electron chi connectivity index (χ2n) is 3.28. The van der Waals surface area contributed by atoms with Crippen LogP contribution in [0.15, 0.2) is 4.40 Å². The molecule has 3 N–H and O–H groups in total. The first-order valence-corrected chi connectivity index (χ1v) is 5.20. The van der Waals surface area contributed by atoms with Crippen LogP contribution in [0.3, 0.4) is 0 Å². The summed E-state index contributed by atoms with van der Waals surface area (Å²) in [5.41, 5.74) is 0.414. The number of hydrogen-bond acceptors (Lipinski definition) is 6. The van der Waals surface area contributed by atoms with E-state index in [0.717, 1.165) is 0 Å². The predicted molar refractivity (Wildman–Crippen MR) is 54.0 cm³/mol. The maximum Gasteiger partial charge on any atom is 0.435 e. The van der Waals surface area contributed by atoms with Gasteiger partial charge in [-0.1, -0.05) is 0 Å². The van der Waals surface area contributed by atoms with Gasteiger partial charge in [0.05, 0.1) is 12.1 Å². The molecule has 19 heavy (non-hydrogen) atoms. The molecule has 0 unspecified atom stereocenters. The zero-order valence-corrected chi connectivity index (χ0v) is 9.41.